The van der Waals surface area contributed by atoms with Crippen molar-refractivity contribution in [3.63, 3.8) is 0 Å². The third-order valence-corrected chi connectivity index (χ3v) is 6.25. The lowest BCUT2D eigenvalue weighted by atomic mass is 10.0. The highest BCUT2D eigenvalue weighted by atomic mass is 32.2. The summed E-state index contributed by atoms with van der Waals surface area (Å²) < 4.78 is 30.9. The molecule has 1 atom stereocenters. The van der Waals surface area contributed by atoms with Crippen molar-refractivity contribution >= 4 is 33.5 Å². The number of fused-ring (bicyclic) bond motifs is 2. The summed E-state index contributed by atoms with van der Waals surface area (Å²) in [5.41, 5.74) is -0.134. The largest absolute Gasteiger partial charge is 0.449 e. The van der Waals surface area contributed by atoms with E-state index in [1.165, 1.54) is 37.3 Å². The topological polar surface area (TPSA) is 136 Å². The molecule has 0 fully saturated rings. The van der Waals surface area contributed by atoms with Crippen molar-refractivity contribution in [3.8, 4) is 0 Å². The van der Waals surface area contributed by atoms with Gasteiger partial charge in [0, 0.05) is 17.7 Å². The molecule has 0 bridgehead atoms. The summed E-state index contributed by atoms with van der Waals surface area (Å²) in [6, 6.07) is 8.62. The number of carbonyl (C=O) groups is 4. The molecule has 3 rings (SSSR count). The first-order chi connectivity index (χ1) is 14.2. The van der Waals surface area contributed by atoms with Crippen molar-refractivity contribution < 1.29 is 32.3 Å². The highest BCUT2D eigenvalue weighted by Crippen LogP contribution is 2.34. The molecule has 0 radical (unpaired) electrons. The van der Waals surface area contributed by atoms with Crippen LogP contribution in [0.5, 0.6) is 0 Å². The van der Waals surface area contributed by atoms with Crippen molar-refractivity contribution in [3.05, 3.63) is 59.2 Å². The summed E-state index contributed by atoms with van der Waals surface area (Å²) in [6.07, 6.45) is -1.31. The zero-order chi connectivity index (χ0) is 22.1. The highest BCUT2D eigenvalue weighted by Gasteiger charge is 2.35. The van der Waals surface area contributed by atoms with Crippen molar-refractivity contribution in [2.24, 2.45) is 0 Å². The van der Waals surface area contributed by atoms with Gasteiger partial charge in [-0.2, -0.15) is 0 Å². The van der Waals surface area contributed by atoms with E-state index >= 15 is 0 Å². The van der Waals surface area contributed by atoms with Crippen LogP contribution < -0.4 is 10.6 Å². The quantitative estimate of drug-likeness (QED) is 0.598. The van der Waals surface area contributed by atoms with Crippen molar-refractivity contribution in [2.45, 2.75) is 29.7 Å². The second-order valence-electron chi connectivity index (χ2n) is 6.44. The van der Waals surface area contributed by atoms with Gasteiger partial charge in [0.2, 0.25) is 9.84 Å². The Hall–Kier alpha value is -3.53. The summed E-state index contributed by atoms with van der Waals surface area (Å²) in [6.45, 7) is 3.24. The van der Waals surface area contributed by atoms with Gasteiger partial charge in [0.05, 0.1) is 15.4 Å². The molecule has 1 unspecified atom stereocenters. The molecular formula is C20H18N2O7S. The molecule has 3 amide bonds. The summed E-state index contributed by atoms with van der Waals surface area (Å²) in [7, 11) is -4.02. The third-order valence-electron chi connectivity index (χ3n) is 4.40. The van der Waals surface area contributed by atoms with E-state index in [0.29, 0.717) is 6.54 Å². The van der Waals surface area contributed by atoms with Crippen molar-refractivity contribution in [2.75, 3.05) is 6.54 Å². The van der Waals surface area contributed by atoms with E-state index in [2.05, 4.69) is 5.32 Å². The van der Waals surface area contributed by atoms with E-state index < -0.39 is 39.6 Å². The summed E-state index contributed by atoms with van der Waals surface area (Å²) in [5.74, 6) is -2.29. The lowest BCUT2D eigenvalue weighted by molar-refractivity contribution is -0.127. The number of sulfone groups is 1. The number of amides is 3. The fourth-order valence-corrected chi connectivity index (χ4v) is 4.59. The Labute approximate surface area is 172 Å². The first kappa shape index (κ1) is 21.2. The van der Waals surface area contributed by atoms with Crippen LogP contribution in [0.3, 0.4) is 0 Å². The molecule has 30 heavy (non-hydrogen) atoms. The Morgan fingerprint density at radius 3 is 2.40 bits per heavy atom. The predicted octanol–water partition coefficient (Wildman–Crippen LogP) is 1.45. The Balaban J connectivity index is 1.85. The number of urea groups is 1. The molecule has 1 aliphatic rings. The highest BCUT2D eigenvalue weighted by molar-refractivity contribution is 7.91. The molecular weight excluding hydrogens is 412 g/mol. The zero-order valence-electron chi connectivity index (χ0n) is 16.1. The number of hydrogen-bond donors (Lipinski definition) is 2. The molecule has 0 spiro atoms. The summed E-state index contributed by atoms with van der Waals surface area (Å²) in [5, 5.41) is 4.37. The molecule has 2 aromatic carbocycles. The van der Waals surface area contributed by atoms with Crippen LogP contribution in [-0.2, 0) is 19.4 Å². The van der Waals surface area contributed by atoms with Crippen LogP contribution in [0.15, 0.2) is 52.3 Å². The number of ketones is 1. The molecule has 1 heterocycles. The molecule has 0 saturated heterocycles. The SMILES string of the molecule is CCNC(=O)NC(=O)C(C)OC(=O)c1ccc2c(c1)S(=O)(=O)c1ccccc1C2=O. The Morgan fingerprint density at radius 2 is 1.70 bits per heavy atom. The minimum absolute atomic E-state index is 0.0488. The number of benzene rings is 2. The fraction of sp³-hybridized carbons (Fsp3) is 0.200. The average Bonchev–Trinajstić information content (AvgIpc) is 2.72. The van der Waals surface area contributed by atoms with Gasteiger partial charge in [0.1, 0.15) is 0 Å². The van der Waals surface area contributed by atoms with Gasteiger partial charge >= 0.3 is 12.0 Å². The van der Waals surface area contributed by atoms with Crippen LogP contribution in [0.4, 0.5) is 4.79 Å². The monoisotopic (exact) mass is 430 g/mol. The maximum absolute atomic E-state index is 12.9. The second kappa shape index (κ2) is 8.07. The first-order valence-electron chi connectivity index (χ1n) is 8.99. The van der Waals surface area contributed by atoms with Gasteiger partial charge < -0.3 is 10.1 Å². The van der Waals surface area contributed by atoms with Crippen LogP contribution in [0.2, 0.25) is 0 Å². The van der Waals surface area contributed by atoms with Crippen LogP contribution in [0, 0.1) is 0 Å². The Morgan fingerprint density at radius 1 is 1.03 bits per heavy atom. The lowest BCUT2D eigenvalue weighted by Gasteiger charge is -2.19. The summed E-state index contributed by atoms with van der Waals surface area (Å²) >= 11 is 0. The first-order valence-corrected chi connectivity index (χ1v) is 10.5. The number of hydrogen-bond acceptors (Lipinski definition) is 7. The number of rotatable bonds is 4. The Kier molecular flexibility index (Phi) is 5.70. The molecule has 1 aliphatic heterocycles. The van der Waals surface area contributed by atoms with E-state index in [4.69, 9.17) is 4.74 Å². The van der Waals surface area contributed by atoms with E-state index in [0.717, 1.165) is 6.07 Å². The van der Waals surface area contributed by atoms with Gasteiger partial charge in [-0.1, -0.05) is 12.1 Å². The molecule has 10 heteroatoms. The van der Waals surface area contributed by atoms with Gasteiger partial charge in [-0.25, -0.2) is 18.0 Å². The molecule has 2 N–H and O–H groups in total. The van der Waals surface area contributed by atoms with Gasteiger partial charge in [0.15, 0.2) is 11.9 Å². The molecule has 156 valence electrons. The number of imide groups is 1. The maximum atomic E-state index is 12.9. The van der Waals surface area contributed by atoms with E-state index in [9.17, 15) is 27.6 Å². The normalized spacial score (nSPS) is 14.7. The zero-order valence-corrected chi connectivity index (χ0v) is 16.9. The van der Waals surface area contributed by atoms with Gasteiger partial charge in [-0.3, -0.25) is 14.9 Å². The molecule has 0 saturated carbocycles. The average molecular weight is 430 g/mol. The number of esters is 1. The molecule has 9 nitrogen and oxygen atoms in total. The lowest BCUT2D eigenvalue weighted by Crippen LogP contribution is -2.44. The van der Waals surface area contributed by atoms with Crippen LogP contribution in [0.1, 0.15) is 40.1 Å². The third kappa shape index (κ3) is 3.81. The second-order valence-corrected chi connectivity index (χ2v) is 8.32. The fourth-order valence-electron chi connectivity index (χ4n) is 2.91. The minimum Gasteiger partial charge on any atom is -0.449 e. The van der Waals surface area contributed by atoms with Crippen molar-refractivity contribution in [1.82, 2.24) is 10.6 Å². The van der Waals surface area contributed by atoms with Crippen LogP contribution >= 0.6 is 0 Å². The summed E-state index contributed by atoms with van der Waals surface area (Å²) in [4.78, 5) is 47.9. The van der Waals surface area contributed by atoms with E-state index in [-0.39, 0.29) is 26.5 Å². The van der Waals surface area contributed by atoms with E-state index in [1.807, 2.05) is 5.32 Å². The van der Waals surface area contributed by atoms with Crippen LogP contribution in [0.25, 0.3) is 0 Å². The van der Waals surface area contributed by atoms with Gasteiger partial charge in [-0.15, -0.1) is 0 Å². The van der Waals surface area contributed by atoms with Gasteiger partial charge in [-0.05, 0) is 44.2 Å². The standard InChI is InChI=1S/C20H18N2O7S/c1-3-21-20(26)22-18(24)11(2)29-19(25)12-8-9-14-16(10-12)30(27,28)15-7-5-4-6-13(15)17(14)23/h4-11H,3H2,1-2H3,(H2,21,22,24,26). The van der Waals surface area contributed by atoms with Crippen molar-refractivity contribution in [1.29, 1.82) is 0 Å². The Bertz CT molecular complexity index is 1170. The number of carbonyl (C=O) groups excluding carboxylic acids is 4. The number of nitrogens with one attached hydrogen (secondary N) is 2. The molecule has 2 aromatic rings. The smallest absolute Gasteiger partial charge is 0.338 e. The maximum Gasteiger partial charge on any atom is 0.338 e. The van der Waals surface area contributed by atoms with Gasteiger partial charge in [0.25, 0.3) is 5.91 Å². The van der Waals surface area contributed by atoms with E-state index in [1.54, 1.807) is 13.0 Å². The molecule has 0 aliphatic carbocycles. The minimum atomic E-state index is -4.02. The van der Waals surface area contributed by atoms with Crippen LogP contribution in [-0.4, -0.2) is 44.8 Å². The molecule has 0 aromatic heterocycles. The predicted molar refractivity (Wildman–Crippen MR) is 104 cm³/mol. The number of ether oxygens (including phenoxy) is 1.